The molecule has 7 rings (SSSR count). The smallest absolute Gasteiger partial charge is 0.341 e. The fourth-order valence-electron chi connectivity index (χ4n) is 6.26. The van der Waals surface area contributed by atoms with Gasteiger partial charge in [-0.25, -0.2) is 14.2 Å². The van der Waals surface area contributed by atoms with E-state index in [9.17, 15) is 14.0 Å². The van der Waals surface area contributed by atoms with Gasteiger partial charge in [-0.2, -0.15) is 0 Å². The summed E-state index contributed by atoms with van der Waals surface area (Å²) in [4.78, 5) is 41.3. The third-order valence-electron chi connectivity index (χ3n) is 8.59. The van der Waals surface area contributed by atoms with Gasteiger partial charge in [0.25, 0.3) is 0 Å². The highest BCUT2D eigenvalue weighted by Gasteiger charge is 2.58. The third-order valence-corrected chi connectivity index (χ3v) is 8.59. The van der Waals surface area contributed by atoms with Gasteiger partial charge in [0.1, 0.15) is 11.6 Å². The normalized spacial score (nSPS) is 23.5. The standard InChI is InChI=1S/C29H28FN5O3/c30-21-2-4-22(5-3-21)33-13-15-34(16-14-33)25-6-1-20(17-32-25)28(8-9-28)27(37)35-12-10-29(19-35)24-7-11-31-18-23(24)26(36)38-29/h1-7,11,17-18H,8-10,12-16,19H2/t29-/m0/s1. The Morgan fingerprint density at radius 2 is 1.66 bits per heavy atom. The second kappa shape index (κ2) is 8.51. The minimum atomic E-state index is -0.765. The maximum Gasteiger partial charge on any atom is 0.341 e. The Morgan fingerprint density at radius 1 is 0.895 bits per heavy atom. The number of likely N-dealkylation sites (tertiary alicyclic amines) is 1. The van der Waals surface area contributed by atoms with Crippen molar-refractivity contribution in [2.45, 2.75) is 30.3 Å². The van der Waals surface area contributed by atoms with Gasteiger partial charge in [-0.05, 0) is 54.8 Å². The van der Waals surface area contributed by atoms with Crippen molar-refractivity contribution in [2.75, 3.05) is 49.1 Å². The van der Waals surface area contributed by atoms with Gasteiger partial charge >= 0.3 is 5.97 Å². The molecule has 2 saturated heterocycles. The molecule has 0 N–H and O–H groups in total. The number of pyridine rings is 2. The van der Waals surface area contributed by atoms with Crippen molar-refractivity contribution < 1.29 is 18.7 Å². The number of amides is 1. The summed E-state index contributed by atoms with van der Waals surface area (Å²) in [6.07, 6.45) is 7.27. The van der Waals surface area contributed by atoms with Crippen molar-refractivity contribution >= 4 is 23.4 Å². The van der Waals surface area contributed by atoms with Crippen molar-refractivity contribution in [1.82, 2.24) is 14.9 Å². The second-order valence-corrected chi connectivity index (χ2v) is 10.7. The van der Waals surface area contributed by atoms with E-state index in [4.69, 9.17) is 9.72 Å². The van der Waals surface area contributed by atoms with Crippen molar-refractivity contribution in [2.24, 2.45) is 0 Å². The van der Waals surface area contributed by atoms with Crippen LogP contribution < -0.4 is 9.80 Å². The molecule has 1 aromatic carbocycles. The van der Waals surface area contributed by atoms with E-state index in [1.165, 1.54) is 12.1 Å². The monoisotopic (exact) mass is 513 g/mol. The number of anilines is 2. The van der Waals surface area contributed by atoms with E-state index in [2.05, 4.69) is 14.8 Å². The molecule has 8 nitrogen and oxygen atoms in total. The minimum absolute atomic E-state index is 0.0930. The number of hydrogen-bond donors (Lipinski definition) is 0. The minimum Gasteiger partial charge on any atom is -0.449 e. The van der Waals surface area contributed by atoms with E-state index < -0.39 is 11.0 Å². The highest BCUT2D eigenvalue weighted by atomic mass is 19.1. The number of fused-ring (bicyclic) bond motifs is 2. The van der Waals surface area contributed by atoms with Gasteiger partial charge in [0.15, 0.2) is 5.60 Å². The highest BCUT2D eigenvalue weighted by Crippen LogP contribution is 2.52. The van der Waals surface area contributed by atoms with E-state index >= 15 is 0 Å². The van der Waals surface area contributed by atoms with Gasteiger partial charge < -0.3 is 19.4 Å². The lowest BCUT2D eigenvalue weighted by Crippen LogP contribution is -2.46. The predicted molar refractivity (Wildman–Crippen MR) is 139 cm³/mol. The SMILES string of the molecule is O=C1O[C@]2(CCN(C(=O)C3(c4ccc(N5CCN(c6ccc(F)cc6)CC5)nc4)CC3)C2)c2ccncc21. The number of esters is 1. The molecule has 1 saturated carbocycles. The lowest BCUT2D eigenvalue weighted by Gasteiger charge is -2.36. The molecule has 2 aromatic heterocycles. The lowest BCUT2D eigenvalue weighted by molar-refractivity contribution is -0.134. The number of carbonyl (C=O) groups excluding carboxylic acids is 2. The molecule has 4 aliphatic rings. The molecule has 9 heteroatoms. The molecular weight excluding hydrogens is 485 g/mol. The van der Waals surface area contributed by atoms with Crippen LogP contribution >= 0.6 is 0 Å². The summed E-state index contributed by atoms with van der Waals surface area (Å²) in [6, 6.07) is 12.5. The second-order valence-electron chi connectivity index (χ2n) is 10.7. The molecule has 1 amide bonds. The van der Waals surface area contributed by atoms with Crippen LogP contribution in [0, 0.1) is 5.82 Å². The Morgan fingerprint density at radius 3 is 2.37 bits per heavy atom. The number of halogens is 1. The molecule has 0 bridgehead atoms. The van der Waals surface area contributed by atoms with Crippen LogP contribution in [0.4, 0.5) is 15.9 Å². The van der Waals surface area contributed by atoms with Gasteiger partial charge in [0, 0.05) is 69.0 Å². The van der Waals surface area contributed by atoms with Crippen LogP contribution in [0.5, 0.6) is 0 Å². The van der Waals surface area contributed by atoms with Gasteiger partial charge in [-0.15, -0.1) is 0 Å². The van der Waals surface area contributed by atoms with Crippen LogP contribution in [0.2, 0.25) is 0 Å². The van der Waals surface area contributed by atoms with Crippen molar-refractivity contribution in [3.05, 3.63) is 83.6 Å². The first-order valence-corrected chi connectivity index (χ1v) is 13.2. The van der Waals surface area contributed by atoms with Crippen LogP contribution in [0.1, 0.15) is 40.7 Å². The average molecular weight is 514 g/mol. The van der Waals surface area contributed by atoms with Gasteiger partial charge in [0.2, 0.25) is 5.91 Å². The van der Waals surface area contributed by atoms with Crippen LogP contribution in [-0.2, 0) is 20.5 Å². The molecule has 3 aromatic rings. The summed E-state index contributed by atoms with van der Waals surface area (Å²) in [6.45, 7) is 4.23. The van der Waals surface area contributed by atoms with E-state index in [1.807, 2.05) is 41.4 Å². The summed E-state index contributed by atoms with van der Waals surface area (Å²) in [5, 5.41) is 0. The largest absolute Gasteiger partial charge is 0.449 e. The maximum atomic E-state index is 13.7. The molecule has 0 unspecified atom stereocenters. The van der Waals surface area contributed by atoms with E-state index in [0.717, 1.165) is 61.7 Å². The van der Waals surface area contributed by atoms with Crippen molar-refractivity contribution in [3.63, 3.8) is 0 Å². The quantitative estimate of drug-likeness (QED) is 0.496. The third kappa shape index (κ3) is 3.63. The first-order chi connectivity index (χ1) is 18.5. The fourth-order valence-corrected chi connectivity index (χ4v) is 6.26. The predicted octanol–water partition coefficient (Wildman–Crippen LogP) is 3.27. The van der Waals surface area contributed by atoms with Crippen molar-refractivity contribution in [1.29, 1.82) is 0 Å². The first-order valence-electron chi connectivity index (χ1n) is 13.2. The average Bonchev–Trinajstić information content (AvgIpc) is 3.59. The van der Waals surface area contributed by atoms with E-state index in [0.29, 0.717) is 25.1 Å². The van der Waals surface area contributed by atoms with Gasteiger partial charge in [0.05, 0.1) is 17.5 Å². The Balaban J connectivity index is 1.02. The van der Waals surface area contributed by atoms with E-state index in [-0.39, 0.29) is 17.7 Å². The topological polar surface area (TPSA) is 78.9 Å². The van der Waals surface area contributed by atoms with Crippen molar-refractivity contribution in [3.8, 4) is 0 Å². The number of rotatable bonds is 4. The van der Waals surface area contributed by atoms with Gasteiger partial charge in [-0.3, -0.25) is 9.78 Å². The molecule has 38 heavy (non-hydrogen) atoms. The molecule has 0 radical (unpaired) electrons. The van der Waals surface area contributed by atoms with E-state index in [1.54, 1.807) is 12.4 Å². The maximum absolute atomic E-state index is 13.7. The summed E-state index contributed by atoms with van der Waals surface area (Å²) >= 11 is 0. The molecule has 194 valence electrons. The summed E-state index contributed by atoms with van der Waals surface area (Å²) in [7, 11) is 0. The van der Waals surface area contributed by atoms with Crippen LogP contribution in [0.3, 0.4) is 0 Å². The number of hydrogen-bond acceptors (Lipinski definition) is 7. The summed E-state index contributed by atoms with van der Waals surface area (Å²) in [5.74, 6) is 0.411. The molecule has 1 spiro atoms. The first kappa shape index (κ1) is 23.1. The highest BCUT2D eigenvalue weighted by molar-refractivity contribution is 5.95. The zero-order chi connectivity index (χ0) is 25.9. The number of benzene rings is 1. The Hall–Kier alpha value is -4.01. The molecule has 5 heterocycles. The Bertz CT molecular complexity index is 1400. The molecule has 1 aliphatic carbocycles. The summed E-state index contributed by atoms with van der Waals surface area (Å²) in [5.41, 5.74) is 2.01. The fraction of sp³-hybridized carbons (Fsp3) is 0.379. The number of carbonyl (C=O) groups is 2. The zero-order valence-corrected chi connectivity index (χ0v) is 21.0. The molecular formula is C29H28FN5O3. The Labute approximate surface area is 220 Å². The number of aromatic nitrogens is 2. The number of nitrogens with zero attached hydrogens (tertiary/aromatic N) is 5. The Kier molecular flexibility index (Phi) is 5.18. The summed E-state index contributed by atoms with van der Waals surface area (Å²) < 4.78 is 19.1. The number of ether oxygens (including phenoxy) is 1. The van der Waals surface area contributed by atoms with Crippen LogP contribution in [0.25, 0.3) is 0 Å². The number of piperazine rings is 1. The molecule has 3 aliphatic heterocycles. The zero-order valence-electron chi connectivity index (χ0n) is 21.0. The molecule has 3 fully saturated rings. The lowest BCUT2D eigenvalue weighted by atomic mass is 9.92. The van der Waals surface area contributed by atoms with Gasteiger partial charge in [-0.1, -0.05) is 6.07 Å². The van der Waals surface area contributed by atoms with Crippen LogP contribution in [0.15, 0.2) is 61.1 Å². The molecule has 1 atom stereocenters. The van der Waals surface area contributed by atoms with Crippen LogP contribution in [-0.4, -0.2) is 66.0 Å².